The Morgan fingerprint density at radius 2 is 2.25 bits per heavy atom. The Kier molecular flexibility index (Phi) is 3.93. The van der Waals surface area contributed by atoms with E-state index in [0.717, 1.165) is 28.9 Å². The van der Waals surface area contributed by atoms with Crippen LogP contribution >= 0.6 is 15.9 Å². The number of halogens is 1. The summed E-state index contributed by atoms with van der Waals surface area (Å²) in [6, 6.07) is 4.23. The van der Waals surface area contributed by atoms with Crippen LogP contribution in [0.4, 0.5) is 5.82 Å². The average Bonchev–Trinajstić information content (AvgIpc) is 2.97. The fourth-order valence-corrected chi connectivity index (χ4v) is 3.06. The topological polar surface area (TPSA) is 51.1 Å². The summed E-state index contributed by atoms with van der Waals surface area (Å²) in [7, 11) is 2.04. The third-order valence-electron chi connectivity index (χ3n) is 3.55. The molecule has 0 unspecified atom stereocenters. The van der Waals surface area contributed by atoms with Crippen LogP contribution < -0.4 is 4.90 Å². The lowest BCUT2D eigenvalue weighted by Gasteiger charge is -2.30. The summed E-state index contributed by atoms with van der Waals surface area (Å²) in [6.45, 7) is 0.747. The van der Waals surface area contributed by atoms with Gasteiger partial charge in [0.1, 0.15) is 18.2 Å². The highest BCUT2D eigenvalue weighted by Gasteiger charge is 2.34. The molecule has 20 heavy (non-hydrogen) atoms. The van der Waals surface area contributed by atoms with E-state index in [1.165, 1.54) is 0 Å². The van der Waals surface area contributed by atoms with Gasteiger partial charge >= 0.3 is 0 Å². The standard InChI is InChI=1S/C14H15BrN4O/c1-19(14-11(15)8-17-9-18-14)12-4-6-20-13(12)10-3-2-5-16-7-10/h2-3,5,7-9,12-13H,4,6H2,1H3/t12-,13+/m0/s1. The van der Waals surface area contributed by atoms with E-state index in [2.05, 4.69) is 41.8 Å². The number of ether oxygens (including phenoxy) is 1. The number of anilines is 1. The van der Waals surface area contributed by atoms with E-state index in [1.54, 1.807) is 18.7 Å². The summed E-state index contributed by atoms with van der Waals surface area (Å²) in [6.07, 6.45) is 7.95. The zero-order chi connectivity index (χ0) is 13.9. The lowest BCUT2D eigenvalue weighted by atomic mass is 10.0. The molecule has 0 radical (unpaired) electrons. The molecule has 1 aliphatic rings. The first-order chi connectivity index (χ1) is 9.77. The van der Waals surface area contributed by atoms with Crippen molar-refractivity contribution in [3.05, 3.63) is 47.1 Å². The van der Waals surface area contributed by atoms with Crippen molar-refractivity contribution in [3.8, 4) is 0 Å². The Morgan fingerprint density at radius 3 is 3.00 bits per heavy atom. The first-order valence-corrected chi connectivity index (χ1v) is 7.26. The Balaban J connectivity index is 1.87. The Hall–Kier alpha value is -1.53. The first-order valence-electron chi connectivity index (χ1n) is 6.47. The van der Waals surface area contributed by atoms with Crippen LogP contribution in [0.1, 0.15) is 18.1 Å². The van der Waals surface area contributed by atoms with Crippen LogP contribution in [-0.4, -0.2) is 34.6 Å². The van der Waals surface area contributed by atoms with E-state index in [0.29, 0.717) is 0 Å². The fraction of sp³-hybridized carbons (Fsp3) is 0.357. The molecule has 2 atom stereocenters. The predicted molar refractivity (Wildman–Crippen MR) is 79.5 cm³/mol. The molecule has 1 fully saturated rings. The Bertz CT molecular complexity index is 580. The van der Waals surface area contributed by atoms with Crippen molar-refractivity contribution in [2.45, 2.75) is 18.6 Å². The molecule has 2 aromatic heterocycles. The minimum absolute atomic E-state index is 0.0237. The van der Waals surface area contributed by atoms with Crippen molar-refractivity contribution >= 4 is 21.7 Å². The van der Waals surface area contributed by atoms with Crippen LogP contribution in [0, 0.1) is 0 Å². The number of rotatable bonds is 3. The molecule has 0 aromatic carbocycles. The maximum Gasteiger partial charge on any atom is 0.146 e. The second kappa shape index (κ2) is 5.85. The van der Waals surface area contributed by atoms with Crippen LogP contribution in [0.2, 0.25) is 0 Å². The van der Waals surface area contributed by atoms with Crippen LogP contribution in [0.3, 0.4) is 0 Å². The van der Waals surface area contributed by atoms with E-state index in [9.17, 15) is 0 Å². The van der Waals surface area contributed by atoms with Crippen molar-refractivity contribution in [1.29, 1.82) is 0 Å². The van der Waals surface area contributed by atoms with Crippen LogP contribution in [0.25, 0.3) is 0 Å². The maximum absolute atomic E-state index is 5.89. The predicted octanol–water partition coefficient (Wildman–Crippen LogP) is 2.60. The van der Waals surface area contributed by atoms with Gasteiger partial charge in [-0.2, -0.15) is 0 Å². The van der Waals surface area contributed by atoms with Crippen molar-refractivity contribution in [2.24, 2.45) is 0 Å². The molecular weight excluding hydrogens is 320 g/mol. The summed E-state index contributed by atoms with van der Waals surface area (Å²) >= 11 is 3.50. The van der Waals surface area contributed by atoms with Crippen LogP contribution in [-0.2, 0) is 4.74 Å². The summed E-state index contributed by atoms with van der Waals surface area (Å²) in [5, 5.41) is 0. The second-order valence-corrected chi connectivity index (χ2v) is 5.59. The van der Waals surface area contributed by atoms with Gasteiger partial charge in [-0.3, -0.25) is 4.98 Å². The monoisotopic (exact) mass is 334 g/mol. The molecule has 5 nitrogen and oxygen atoms in total. The molecule has 2 aromatic rings. The largest absolute Gasteiger partial charge is 0.371 e. The summed E-state index contributed by atoms with van der Waals surface area (Å²) < 4.78 is 6.78. The Labute approximate surface area is 126 Å². The van der Waals surface area contributed by atoms with E-state index >= 15 is 0 Å². The molecular formula is C14H15BrN4O. The Morgan fingerprint density at radius 1 is 1.35 bits per heavy atom. The lowest BCUT2D eigenvalue weighted by Crippen LogP contribution is -2.34. The van der Waals surface area contributed by atoms with Gasteiger partial charge in [-0.05, 0) is 28.4 Å². The van der Waals surface area contributed by atoms with Gasteiger partial charge < -0.3 is 9.64 Å². The van der Waals surface area contributed by atoms with Gasteiger partial charge in [0.15, 0.2) is 0 Å². The molecule has 0 bridgehead atoms. The van der Waals surface area contributed by atoms with E-state index in [-0.39, 0.29) is 12.1 Å². The zero-order valence-electron chi connectivity index (χ0n) is 11.1. The fourth-order valence-electron chi connectivity index (χ4n) is 2.56. The summed E-state index contributed by atoms with van der Waals surface area (Å²) in [5.74, 6) is 0.879. The molecule has 6 heteroatoms. The average molecular weight is 335 g/mol. The third-order valence-corrected chi connectivity index (χ3v) is 4.11. The SMILES string of the molecule is CN(c1ncncc1Br)[C@H]1CCO[C@@H]1c1cccnc1. The number of aromatic nitrogens is 3. The summed E-state index contributed by atoms with van der Waals surface area (Å²) in [5.41, 5.74) is 1.10. The van der Waals surface area contributed by atoms with Crippen molar-refractivity contribution in [2.75, 3.05) is 18.6 Å². The van der Waals surface area contributed by atoms with Gasteiger partial charge in [-0.25, -0.2) is 9.97 Å². The van der Waals surface area contributed by atoms with Crippen molar-refractivity contribution < 1.29 is 4.74 Å². The highest BCUT2D eigenvalue weighted by molar-refractivity contribution is 9.10. The van der Waals surface area contributed by atoms with Gasteiger partial charge in [0.25, 0.3) is 0 Å². The molecule has 1 aliphatic heterocycles. The van der Waals surface area contributed by atoms with E-state index in [1.807, 2.05) is 19.3 Å². The molecule has 0 amide bonds. The van der Waals surface area contributed by atoms with Gasteiger partial charge in [-0.15, -0.1) is 0 Å². The van der Waals surface area contributed by atoms with Gasteiger partial charge in [0, 0.05) is 37.8 Å². The van der Waals surface area contributed by atoms with Crippen molar-refractivity contribution in [3.63, 3.8) is 0 Å². The summed E-state index contributed by atoms with van der Waals surface area (Å²) in [4.78, 5) is 14.7. The third kappa shape index (κ3) is 2.53. The van der Waals surface area contributed by atoms with Gasteiger partial charge in [0.2, 0.25) is 0 Å². The zero-order valence-corrected chi connectivity index (χ0v) is 12.7. The van der Waals surface area contributed by atoms with E-state index in [4.69, 9.17) is 4.74 Å². The van der Waals surface area contributed by atoms with Crippen molar-refractivity contribution in [1.82, 2.24) is 15.0 Å². The minimum Gasteiger partial charge on any atom is -0.371 e. The highest BCUT2D eigenvalue weighted by atomic mass is 79.9. The molecule has 104 valence electrons. The molecule has 3 heterocycles. The normalized spacial score (nSPS) is 21.9. The number of pyridine rings is 1. The number of likely N-dealkylation sites (N-methyl/N-ethyl adjacent to an activating group) is 1. The highest BCUT2D eigenvalue weighted by Crippen LogP contribution is 2.35. The van der Waals surface area contributed by atoms with E-state index < -0.39 is 0 Å². The number of hydrogen-bond donors (Lipinski definition) is 0. The second-order valence-electron chi connectivity index (χ2n) is 4.74. The molecule has 1 saturated heterocycles. The van der Waals surface area contributed by atoms with Crippen LogP contribution in [0.15, 0.2) is 41.5 Å². The van der Waals surface area contributed by atoms with Crippen LogP contribution in [0.5, 0.6) is 0 Å². The number of hydrogen-bond acceptors (Lipinski definition) is 5. The van der Waals surface area contributed by atoms with Gasteiger partial charge in [0.05, 0.1) is 10.5 Å². The first kappa shape index (κ1) is 13.5. The van der Waals surface area contributed by atoms with Gasteiger partial charge in [-0.1, -0.05) is 6.07 Å². The molecule has 0 saturated carbocycles. The number of nitrogens with zero attached hydrogens (tertiary/aromatic N) is 4. The molecule has 0 spiro atoms. The molecule has 3 rings (SSSR count). The quantitative estimate of drug-likeness (QED) is 0.863. The maximum atomic E-state index is 5.89. The molecule has 0 aliphatic carbocycles. The molecule has 0 N–H and O–H groups in total. The minimum atomic E-state index is 0.0237. The smallest absolute Gasteiger partial charge is 0.146 e. The lowest BCUT2D eigenvalue weighted by molar-refractivity contribution is 0.104.